The zero-order valence-electron chi connectivity index (χ0n) is 11.7. The van der Waals surface area contributed by atoms with Crippen molar-refractivity contribution in [1.29, 1.82) is 0 Å². The Labute approximate surface area is 127 Å². The number of hydrogen-bond donors (Lipinski definition) is 0. The van der Waals surface area contributed by atoms with Gasteiger partial charge in [0.05, 0.1) is 18.7 Å². The van der Waals surface area contributed by atoms with Crippen molar-refractivity contribution in [3.05, 3.63) is 52.9 Å². The van der Waals surface area contributed by atoms with E-state index >= 15 is 0 Å². The van der Waals surface area contributed by atoms with E-state index in [9.17, 15) is 4.79 Å². The van der Waals surface area contributed by atoms with Gasteiger partial charge in [-0.05, 0) is 17.7 Å². The highest BCUT2D eigenvalue weighted by atomic mass is 32.1. The highest BCUT2D eigenvalue weighted by Crippen LogP contribution is 2.29. The van der Waals surface area contributed by atoms with Crippen molar-refractivity contribution in [3.8, 4) is 11.3 Å². The Morgan fingerprint density at radius 3 is 2.86 bits per heavy atom. The van der Waals surface area contributed by atoms with Crippen LogP contribution in [-0.2, 0) is 16.0 Å². The monoisotopic (exact) mass is 297 g/mol. The maximum absolute atomic E-state index is 11.5. The Bertz CT molecular complexity index is 774. The van der Waals surface area contributed by atoms with Crippen LogP contribution in [-0.4, -0.2) is 17.6 Å². The van der Waals surface area contributed by atoms with Crippen molar-refractivity contribution < 1.29 is 9.53 Å². The van der Waals surface area contributed by atoms with Crippen LogP contribution in [0, 0.1) is 0 Å². The molecular formula is C17H15NO2S. The second kappa shape index (κ2) is 6.06. The normalized spacial score (nSPS) is 10.7. The molecule has 0 spiro atoms. The number of carbonyl (C=O) groups is 1. The van der Waals surface area contributed by atoms with Gasteiger partial charge in [-0.1, -0.05) is 42.5 Å². The third kappa shape index (κ3) is 2.95. The van der Waals surface area contributed by atoms with Crippen LogP contribution >= 0.6 is 11.3 Å². The van der Waals surface area contributed by atoms with Crippen molar-refractivity contribution in [3.63, 3.8) is 0 Å². The Kier molecular flexibility index (Phi) is 3.97. The Morgan fingerprint density at radius 2 is 2.00 bits per heavy atom. The number of carbonyl (C=O) groups excluding carboxylic acids is 1. The van der Waals surface area contributed by atoms with Crippen LogP contribution < -0.4 is 0 Å². The minimum absolute atomic E-state index is 0.226. The van der Waals surface area contributed by atoms with Gasteiger partial charge in [0, 0.05) is 10.9 Å². The summed E-state index contributed by atoms with van der Waals surface area (Å²) in [4.78, 5) is 16.1. The van der Waals surface area contributed by atoms with Crippen molar-refractivity contribution in [2.24, 2.45) is 0 Å². The molecular weight excluding hydrogens is 282 g/mol. The summed E-state index contributed by atoms with van der Waals surface area (Å²) < 4.78 is 4.96. The van der Waals surface area contributed by atoms with Crippen molar-refractivity contribution >= 4 is 28.1 Å². The maximum atomic E-state index is 11.5. The van der Waals surface area contributed by atoms with E-state index in [0.717, 1.165) is 16.3 Å². The van der Waals surface area contributed by atoms with E-state index in [4.69, 9.17) is 4.74 Å². The molecule has 0 amide bonds. The minimum Gasteiger partial charge on any atom is -0.466 e. The summed E-state index contributed by atoms with van der Waals surface area (Å²) in [6.07, 6.45) is 0.239. The molecule has 3 nitrogen and oxygen atoms in total. The summed E-state index contributed by atoms with van der Waals surface area (Å²) in [6.45, 7) is 2.21. The minimum atomic E-state index is -0.226. The summed E-state index contributed by atoms with van der Waals surface area (Å²) in [6, 6.07) is 14.4. The highest BCUT2D eigenvalue weighted by molar-refractivity contribution is 7.10. The van der Waals surface area contributed by atoms with Gasteiger partial charge in [-0.2, -0.15) is 0 Å². The molecule has 0 unspecified atom stereocenters. The fraction of sp³-hybridized carbons (Fsp3) is 0.176. The van der Waals surface area contributed by atoms with Crippen LogP contribution in [0.4, 0.5) is 0 Å². The SMILES string of the molecule is CCOC(=O)Cc1nc(-c2cccc3ccccc23)cs1. The quantitative estimate of drug-likeness (QED) is 0.681. The van der Waals surface area contributed by atoms with Crippen LogP contribution in [0.15, 0.2) is 47.8 Å². The Morgan fingerprint density at radius 1 is 1.19 bits per heavy atom. The summed E-state index contributed by atoms with van der Waals surface area (Å²) in [5, 5.41) is 5.15. The molecule has 106 valence electrons. The molecule has 0 N–H and O–H groups in total. The molecule has 0 saturated carbocycles. The molecule has 0 fully saturated rings. The van der Waals surface area contributed by atoms with Crippen molar-refractivity contribution in [1.82, 2.24) is 4.98 Å². The lowest BCUT2D eigenvalue weighted by atomic mass is 10.0. The Balaban J connectivity index is 1.93. The molecule has 0 aliphatic heterocycles. The lowest BCUT2D eigenvalue weighted by Gasteiger charge is -2.03. The number of aromatic nitrogens is 1. The highest BCUT2D eigenvalue weighted by Gasteiger charge is 2.11. The van der Waals surface area contributed by atoms with Gasteiger partial charge < -0.3 is 4.74 Å². The van der Waals surface area contributed by atoms with Crippen LogP contribution in [0.3, 0.4) is 0 Å². The average molecular weight is 297 g/mol. The fourth-order valence-corrected chi connectivity index (χ4v) is 3.08. The van der Waals surface area contributed by atoms with Crippen LogP contribution in [0.5, 0.6) is 0 Å². The first-order chi connectivity index (χ1) is 10.3. The third-order valence-electron chi connectivity index (χ3n) is 3.22. The summed E-state index contributed by atoms with van der Waals surface area (Å²) in [5.74, 6) is -0.226. The van der Waals surface area contributed by atoms with Crippen LogP contribution in [0.1, 0.15) is 11.9 Å². The molecule has 1 heterocycles. The maximum Gasteiger partial charge on any atom is 0.312 e. The molecule has 0 bridgehead atoms. The largest absolute Gasteiger partial charge is 0.466 e. The first-order valence-electron chi connectivity index (χ1n) is 6.86. The van der Waals surface area contributed by atoms with Crippen molar-refractivity contribution in [2.45, 2.75) is 13.3 Å². The summed E-state index contributed by atoms with van der Waals surface area (Å²) in [7, 11) is 0. The van der Waals surface area contributed by atoms with E-state index in [1.807, 2.05) is 23.6 Å². The van der Waals surface area contributed by atoms with E-state index in [1.54, 1.807) is 6.92 Å². The first-order valence-corrected chi connectivity index (χ1v) is 7.74. The first kappa shape index (κ1) is 13.8. The van der Waals surface area contributed by atoms with Gasteiger partial charge in [0.25, 0.3) is 0 Å². The predicted octanol–water partition coefficient (Wildman–Crippen LogP) is 4.07. The molecule has 0 aliphatic rings. The second-order valence-corrected chi connectivity index (χ2v) is 5.58. The molecule has 3 aromatic rings. The number of nitrogens with zero attached hydrogens (tertiary/aromatic N) is 1. The van der Waals surface area contributed by atoms with Gasteiger partial charge in [-0.25, -0.2) is 4.98 Å². The molecule has 21 heavy (non-hydrogen) atoms. The van der Waals surface area contributed by atoms with Gasteiger partial charge in [0.2, 0.25) is 0 Å². The summed E-state index contributed by atoms with van der Waals surface area (Å²) >= 11 is 1.50. The lowest BCUT2D eigenvalue weighted by Crippen LogP contribution is -2.07. The molecule has 2 aromatic carbocycles. The molecule has 0 saturated heterocycles. The second-order valence-electron chi connectivity index (χ2n) is 4.63. The zero-order valence-corrected chi connectivity index (χ0v) is 12.5. The van der Waals surface area contributed by atoms with Gasteiger partial charge in [0.15, 0.2) is 0 Å². The number of benzene rings is 2. The van der Waals surface area contributed by atoms with Crippen LogP contribution in [0.25, 0.3) is 22.0 Å². The molecule has 1 aromatic heterocycles. The van der Waals surface area contributed by atoms with E-state index in [0.29, 0.717) is 6.61 Å². The number of hydrogen-bond acceptors (Lipinski definition) is 4. The number of fused-ring (bicyclic) bond motifs is 1. The van der Waals surface area contributed by atoms with Gasteiger partial charge in [0.1, 0.15) is 5.01 Å². The third-order valence-corrected chi connectivity index (χ3v) is 4.07. The molecule has 3 rings (SSSR count). The van der Waals surface area contributed by atoms with E-state index < -0.39 is 0 Å². The average Bonchev–Trinajstić information content (AvgIpc) is 2.95. The number of ether oxygens (including phenoxy) is 1. The molecule has 0 atom stereocenters. The number of esters is 1. The van der Waals surface area contributed by atoms with E-state index in [1.165, 1.54) is 22.1 Å². The fourth-order valence-electron chi connectivity index (χ4n) is 2.30. The van der Waals surface area contributed by atoms with Gasteiger partial charge in [-0.15, -0.1) is 11.3 Å². The molecule has 0 aliphatic carbocycles. The van der Waals surface area contributed by atoms with E-state index in [-0.39, 0.29) is 12.4 Å². The van der Waals surface area contributed by atoms with Crippen molar-refractivity contribution in [2.75, 3.05) is 6.61 Å². The molecule has 4 heteroatoms. The zero-order chi connectivity index (χ0) is 14.7. The van der Waals surface area contributed by atoms with Gasteiger partial charge in [-0.3, -0.25) is 4.79 Å². The smallest absolute Gasteiger partial charge is 0.312 e. The summed E-state index contributed by atoms with van der Waals surface area (Å²) in [5.41, 5.74) is 2.01. The number of rotatable bonds is 4. The number of thiazole rings is 1. The van der Waals surface area contributed by atoms with Gasteiger partial charge >= 0.3 is 5.97 Å². The topological polar surface area (TPSA) is 39.2 Å². The van der Waals surface area contributed by atoms with Crippen LogP contribution in [0.2, 0.25) is 0 Å². The standard InChI is InChI=1S/C17H15NO2S/c1-2-20-17(19)10-16-18-15(11-21-16)14-9-5-7-12-6-3-4-8-13(12)14/h3-9,11H,2,10H2,1H3. The lowest BCUT2D eigenvalue weighted by molar-refractivity contribution is -0.142. The predicted molar refractivity (Wildman–Crippen MR) is 85.4 cm³/mol. The Hall–Kier alpha value is -2.20. The molecule has 0 radical (unpaired) electrons. The van der Waals surface area contributed by atoms with E-state index in [2.05, 4.69) is 29.2 Å².